The van der Waals surface area contributed by atoms with Crippen molar-refractivity contribution in [3.8, 4) is 0 Å². The van der Waals surface area contributed by atoms with Gasteiger partial charge < -0.3 is 10.6 Å². The van der Waals surface area contributed by atoms with Gasteiger partial charge in [0.15, 0.2) is 0 Å². The number of carbonyl (C=O) groups excluding carboxylic acids is 1. The maximum atomic E-state index is 12.4. The van der Waals surface area contributed by atoms with E-state index in [4.69, 9.17) is 5.73 Å². The number of nitrogens with two attached hydrogens (primary N) is 1. The Hall–Kier alpha value is -1.22. The first-order valence-corrected chi connectivity index (χ1v) is 6.75. The smallest absolute Gasteiger partial charge is 0.253 e. The van der Waals surface area contributed by atoms with Crippen LogP contribution in [0.1, 0.15) is 43.5 Å². The number of hydrogen-bond donors (Lipinski definition) is 1. The standard InChI is InChI=1S/C15H22N2O.ClH/c1-3-15(4-2)8-9-17(11-15)14(18)12-6-5-7-13(16)10-12;/h5-7,10H,3-4,8-9,11,16H2,1-2H3;1H. The molecule has 1 aliphatic heterocycles. The monoisotopic (exact) mass is 282 g/mol. The van der Waals surface area contributed by atoms with Crippen molar-refractivity contribution in [1.29, 1.82) is 0 Å². The van der Waals surface area contributed by atoms with E-state index >= 15 is 0 Å². The lowest BCUT2D eigenvalue weighted by molar-refractivity contribution is 0.0770. The highest BCUT2D eigenvalue weighted by atomic mass is 35.5. The molecule has 1 aromatic carbocycles. The fourth-order valence-electron chi connectivity index (χ4n) is 2.79. The Balaban J connectivity index is 0.00000180. The molecular weight excluding hydrogens is 260 g/mol. The minimum absolute atomic E-state index is 0. The number of amides is 1. The van der Waals surface area contributed by atoms with Crippen molar-refractivity contribution in [2.24, 2.45) is 5.41 Å². The Morgan fingerprint density at radius 1 is 1.37 bits per heavy atom. The quantitative estimate of drug-likeness (QED) is 0.864. The molecule has 2 N–H and O–H groups in total. The van der Waals surface area contributed by atoms with E-state index in [2.05, 4.69) is 13.8 Å². The maximum Gasteiger partial charge on any atom is 0.253 e. The minimum Gasteiger partial charge on any atom is -0.399 e. The van der Waals surface area contributed by atoms with E-state index in [0.29, 0.717) is 16.7 Å². The molecule has 106 valence electrons. The van der Waals surface area contributed by atoms with Gasteiger partial charge in [-0.2, -0.15) is 0 Å². The van der Waals surface area contributed by atoms with Crippen molar-refractivity contribution in [3.63, 3.8) is 0 Å². The molecule has 0 aliphatic carbocycles. The summed E-state index contributed by atoms with van der Waals surface area (Å²) in [6.45, 7) is 6.19. The summed E-state index contributed by atoms with van der Waals surface area (Å²) < 4.78 is 0. The highest BCUT2D eigenvalue weighted by molar-refractivity contribution is 5.95. The van der Waals surface area contributed by atoms with Crippen molar-refractivity contribution in [2.75, 3.05) is 18.8 Å². The van der Waals surface area contributed by atoms with Crippen LogP contribution in [0.5, 0.6) is 0 Å². The summed E-state index contributed by atoms with van der Waals surface area (Å²) in [5.74, 6) is 0.117. The van der Waals surface area contributed by atoms with E-state index in [1.54, 1.807) is 6.07 Å². The summed E-state index contributed by atoms with van der Waals surface area (Å²) in [4.78, 5) is 14.4. The maximum absolute atomic E-state index is 12.4. The second-order valence-electron chi connectivity index (χ2n) is 5.31. The Morgan fingerprint density at radius 2 is 2.05 bits per heavy atom. The first-order chi connectivity index (χ1) is 8.60. The molecule has 0 bridgehead atoms. The number of hydrogen-bond acceptors (Lipinski definition) is 2. The van der Waals surface area contributed by atoms with Gasteiger partial charge in [0, 0.05) is 24.3 Å². The van der Waals surface area contributed by atoms with Gasteiger partial charge in [-0.15, -0.1) is 12.4 Å². The van der Waals surface area contributed by atoms with Gasteiger partial charge in [-0.1, -0.05) is 19.9 Å². The van der Waals surface area contributed by atoms with Crippen molar-refractivity contribution >= 4 is 24.0 Å². The van der Waals surface area contributed by atoms with Crippen LogP contribution in [0, 0.1) is 5.41 Å². The Labute approximate surface area is 121 Å². The lowest BCUT2D eigenvalue weighted by atomic mass is 9.82. The van der Waals surface area contributed by atoms with Gasteiger partial charge in [0.05, 0.1) is 0 Å². The first kappa shape index (κ1) is 15.8. The van der Waals surface area contributed by atoms with Crippen LogP contribution in [-0.2, 0) is 0 Å². The number of benzene rings is 1. The average Bonchev–Trinajstić information content (AvgIpc) is 2.83. The van der Waals surface area contributed by atoms with Gasteiger partial charge in [-0.25, -0.2) is 0 Å². The molecule has 3 nitrogen and oxygen atoms in total. The number of likely N-dealkylation sites (tertiary alicyclic amines) is 1. The second kappa shape index (κ2) is 6.29. The van der Waals surface area contributed by atoms with Crippen LogP contribution in [-0.4, -0.2) is 23.9 Å². The molecule has 1 aromatic rings. The van der Waals surface area contributed by atoms with Gasteiger partial charge in [-0.05, 0) is 42.9 Å². The third kappa shape index (κ3) is 3.21. The summed E-state index contributed by atoms with van der Waals surface area (Å²) in [7, 11) is 0. The van der Waals surface area contributed by atoms with Crippen LogP contribution in [0.25, 0.3) is 0 Å². The highest BCUT2D eigenvalue weighted by Gasteiger charge is 2.37. The average molecular weight is 283 g/mol. The zero-order valence-corrected chi connectivity index (χ0v) is 12.5. The van der Waals surface area contributed by atoms with E-state index < -0.39 is 0 Å². The number of carbonyl (C=O) groups is 1. The third-order valence-electron chi connectivity index (χ3n) is 4.36. The number of anilines is 1. The summed E-state index contributed by atoms with van der Waals surface area (Å²) in [5, 5.41) is 0. The van der Waals surface area contributed by atoms with Crippen LogP contribution < -0.4 is 5.73 Å². The molecular formula is C15H23ClN2O. The Morgan fingerprint density at radius 3 is 2.58 bits per heavy atom. The van der Waals surface area contributed by atoms with Gasteiger partial charge in [0.1, 0.15) is 0 Å². The normalized spacial score (nSPS) is 17.1. The fraction of sp³-hybridized carbons (Fsp3) is 0.533. The molecule has 1 fully saturated rings. The number of nitrogens with zero attached hydrogens (tertiary/aromatic N) is 1. The van der Waals surface area contributed by atoms with Crippen molar-refractivity contribution in [1.82, 2.24) is 4.90 Å². The van der Waals surface area contributed by atoms with E-state index in [1.807, 2.05) is 23.1 Å². The SMILES string of the molecule is CCC1(CC)CCN(C(=O)c2cccc(N)c2)C1.Cl. The van der Waals surface area contributed by atoms with Crippen molar-refractivity contribution in [3.05, 3.63) is 29.8 Å². The topological polar surface area (TPSA) is 46.3 Å². The number of nitrogen functional groups attached to an aromatic ring is 1. The fourth-order valence-corrected chi connectivity index (χ4v) is 2.79. The van der Waals surface area contributed by atoms with Crippen LogP contribution in [0.15, 0.2) is 24.3 Å². The van der Waals surface area contributed by atoms with Crippen LogP contribution >= 0.6 is 12.4 Å². The minimum atomic E-state index is 0. The summed E-state index contributed by atoms with van der Waals surface area (Å²) >= 11 is 0. The molecule has 0 atom stereocenters. The third-order valence-corrected chi connectivity index (χ3v) is 4.36. The molecule has 0 radical (unpaired) electrons. The molecule has 0 aromatic heterocycles. The molecule has 1 heterocycles. The first-order valence-electron chi connectivity index (χ1n) is 6.75. The van der Waals surface area contributed by atoms with E-state index in [0.717, 1.165) is 32.4 Å². The molecule has 0 saturated carbocycles. The molecule has 4 heteroatoms. The molecule has 0 unspecified atom stereocenters. The zero-order chi connectivity index (χ0) is 13.2. The molecule has 1 saturated heterocycles. The van der Waals surface area contributed by atoms with Crippen molar-refractivity contribution in [2.45, 2.75) is 33.1 Å². The van der Waals surface area contributed by atoms with Gasteiger partial charge in [0.2, 0.25) is 0 Å². The zero-order valence-electron chi connectivity index (χ0n) is 11.7. The predicted molar refractivity (Wildman–Crippen MR) is 81.6 cm³/mol. The predicted octanol–water partition coefficient (Wildman–Crippen LogP) is 3.34. The lowest BCUT2D eigenvalue weighted by Gasteiger charge is -2.26. The molecule has 1 aliphatic rings. The molecule has 1 amide bonds. The summed E-state index contributed by atoms with van der Waals surface area (Å²) in [5.41, 5.74) is 7.42. The largest absolute Gasteiger partial charge is 0.399 e. The summed E-state index contributed by atoms with van der Waals surface area (Å²) in [6.07, 6.45) is 3.41. The Bertz CT molecular complexity index is 444. The Kier molecular flexibility index (Phi) is 5.24. The molecule has 19 heavy (non-hydrogen) atoms. The van der Waals surface area contributed by atoms with Gasteiger partial charge in [-0.3, -0.25) is 4.79 Å². The van der Waals surface area contributed by atoms with Crippen LogP contribution in [0.4, 0.5) is 5.69 Å². The van der Waals surface area contributed by atoms with E-state index in [9.17, 15) is 4.79 Å². The number of halogens is 1. The van der Waals surface area contributed by atoms with Gasteiger partial charge in [0.25, 0.3) is 5.91 Å². The second-order valence-corrected chi connectivity index (χ2v) is 5.31. The molecule has 2 rings (SSSR count). The molecule has 0 spiro atoms. The van der Waals surface area contributed by atoms with Gasteiger partial charge >= 0.3 is 0 Å². The highest BCUT2D eigenvalue weighted by Crippen LogP contribution is 2.37. The van der Waals surface area contributed by atoms with E-state index in [-0.39, 0.29) is 18.3 Å². The van der Waals surface area contributed by atoms with Crippen molar-refractivity contribution < 1.29 is 4.79 Å². The van der Waals surface area contributed by atoms with E-state index in [1.165, 1.54) is 0 Å². The number of rotatable bonds is 3. The van der Waals surface area contributed by atoms with Crippen LogP contribution in [0.2, 0.25) is 0 Å². The summed E-state index contributed by atoms with van der Waals surface area (Å²) in [6, 6.07) is 7.26. The van der Waals surface area contributed by atoms with Crippen LogP contribution in [0.3, 0.4) is 0 Å². The lowest BCUT2D eigenvalue weighted by Crippen LogP contribution is -2.31.